The van der Waals surface area contributed by atoms with Gasteiger partial charge >= 0.3 is 17.9 Å². The average Bonchev–Trinajstić information content (AvgIpc) is 3.47. The molecule has 0 aromatic rings. The maximum absolute atomic E-state index is 12.9. The monoisotopic (exact) mass is 1140 g/mol. The first-order valence-electron chi connectivity index (χ1n) is 36.8. The first kappa shape index (κ1) is 78.9. The van der Waals surface area contributed by atoms with Gasteiger partial charge in [0, 0.05) is 19.3 Å². The Bertz CT molecular complexity index is 1310. The minimum Gasteiger partial charge on any atom is -0.462 e. The molecule has 6 nitrogen and oxygen atoms in total. The van der Waals surface area contributed by atoms with Crippen molar-refractivity contribution < 1.29 is 28.6 Å². The Morgan fingerprint density at radius 3 is 0.642 bits per heavy atom. The largest absolute Gasteiger partial charge is 0.462 e. The zero-order valence-electron chi connectivity index (χ0n) is 55.1. The third kappa shape index (κ3) is 68.6. The molecule has 0 spiro atoms. The fourth-order valence-corrected chi connectivity index (χ4v) is 11.4. The number of carbonyl (C=O) groups excluding carboxylic acids is 3. The van der Waals surface area contributed by atoms with Gasteiger partial charge in [-0.05, 0) is 70.6 Å². The molecule has 0 aliphatic carbocycles. The first-order valence-corrected chi connectivity index (χ1v) is 36.8. The van der Waals surface area contributed by atoms with Crippen molar-refractivity contribution in [3.8, 4) is 0 Å². The molecule has 0 aromatic carbocycles. The Hall–Kier alpha value is -2.11. The number of allylic oxidation sites excluding steroid dienone is 4. The van der Waals surface area contributed by atoms with Gasteiger partial charge in [0.15, 0.2) is 6.10 Å². The van der Waals surface area contributed by atoms with Gasteiger partial charge in [0.05, 0.1) is 0 Å². The number of rotatable bonds is 69. The summed E-state index contributed by atoms with van der Waals surface area (Å²) in [5, 5.41) is 0. The van der Waals surface area contributed by atoms with Crippen LogP contribution in [0, 0.1) is 0 Å². The van der Waals surface area contributed by atoms with Crippen LogP contribution in [0.2, 0.25) is 0 Å². The molecular formula is C75H142O6. The Morgan fingerprint density at radius 2 is 0.407 bits per heavy atom. The van der Waals surface area contributed by atoms with Crippen molar-refractivity contribution >= 4 is 17.9 Å². The Kier molecular flexibility index (Phi) is 68.5. The van der Waals surface area contributed by atoms with Gasteiger partial charge in [-0.3, -0.25) is 14.4 Å². The highest BCUT2D eigenvalue weighted by atomic mass is 16.6. The van der Waals surface area contributed by atoms with Gasteiger partial charge in [0.1, 0.15) is 13.2 Å². The van der Waals surface area contributed by atoms with Crippen LogP contribution in [0.1, 0.15) is 419 Å². The standard InChI is InChI=1S/C75H142O6/c1-4-7-10-13-16-19-22-25-27-29-30-31-32-33-34-35-36-37-38-39-40-41-42-43-44-45-46-47-49-50-53-56-59-62-65-68-74(77)80-71-72(70-79-73(76)67-64-61-58-55-52-24-21-18-15-12-9-6-3)81-75(78)69-66-63-60-57-54-51-48-28-26-23-20-17-14-11-8-5-2/h18,21,29-30,72H,4-17,19-20,22-28,31-71H2,1-3H3/b21-18-,30-29-. The number of hydrogen-bond acceptors (Lipinski definition) is 6. The van der Waals surface area contributed by atoms with E-state index in [0.29, 0.717) is 19.3 Å². The summed E-state index contributed by atoms with van der Waals surface area (Å²) in [5.41, 5.74) is 0. The highest BCUT2D eigenvalue weighted by molar-refractivity contribution is 5.71. The Labute approximate surface area is 506 Å². The Morgan fingerprint density at radius 1 is 0.235 bits per heavy atom. The molecule has 1 atom stereocenters. The summed E-state index contributed by atoms with van der Waals surface area (Å²) in [4.78, 5) is 38.3. The highest BCUT2D eigenvalue weighted by Gasteiger charge is 2.20. The number of hydrogen-bond donors (Lipinski definition) is 0. The van der Waals surface area contributed by atoms with E-state index in [2.05, 4.69) is 45.1 Å². The fraction of sp³-hybridized carbons (Fsp3) is 0.907. The predicted molar refractivity (Wildman–Crippen MR) is 353 cm³/mol. The quantitative estimate of drug-likeness (QED) is 0.0261. The van der Waals surface area contributed by atoms with Gasteiger partial charge < -0.3 is 14.2 Å². The van der Waals surface area contributed by atoms with Crippen LogP contribution in [0.5, 0.6) is 0 Å². The third-order valence-corrected chi connectivity index (χ3v) is 16.9. The van der Waals surface area contributed by atoms with Crippen molar-refractivity contribution in [3.63, 3.8) is 0 Å². The number of unbranched alkanes of at least 4 members (excludes halogenated alkanes) is 54. The normalized spacial score (nSPS) is 12.1. The number of ether oxygens (including phenoxy) is 3. The van der Waals surface area contributed by atoms with E-state index < -0.39 is 6.10 Å². The molecule has 478 valence electrons. The fourth-order valence-electron chi connectivity index (χ4n) is 11.4. The van der Waals surface area contributed by atoms with Crippen LogP contribution in [-0.4, -0.2) is 37.2 Å². The molecule has 81 heavy (non-hydrogen) atoms. The summed E-state index contributed by atoms with van der Waals surface area (Å²) in [6.45, 7) is 6.68. The molecule has 6 heteroatoms. The summed E-state index contributed by atoms with van der Waals surface area (Å²) in [7, 11) is 0. The van der Waals surface area contributed by atoms with Gasteiger partial charge in [-0.25, -0.2) is 0 Å². The van der Waals surface area contributed by atoms with Gasteiger partial charge in [-0.15, -0.1) is 0 Å². The second-order valence-electron chi connectivity index (χ2n) is 25.2. The van der Waals surface area contributed by atoms with Gasteiger partial charge in [0.25, 0.3) is 0 Å². The summed E-state index contributed by atoms with van der Waals surface area (Å²) in [5.74, 6) is -0.846. The molecule has 0 fully saturated rings. The zero-order valence-corrected chi connectivity index (χ0v) is 55.1. The van der Waals surface area contributed by atoms with E-state index in [1.807, 2.05) is 0 Å². The van der Waals surface area contributed by atoms with Crippen molar-refractivity contribution in [2.24, 2.45) is 0 Å². The van der Waals surface area contributed by atoms with E-state index in [4.69, 9.17) is 14.2 Å². The molecule has 0 aliphatic rings. The van der Waals surface area contributed by atoms with E-state index in [9.17, 15) is 14.4 Å². The lowest BCUT2D eigenvalue weighted by Gasteiger charge is -2.18. The minimum absolute atomic E-state index is 0.0671. The van der Waals surface area contributed by atoms with E-state index in [-0.39, 0.29) is 31.1 Å². The summed E-state index contributed by atoms with van der Waals surface area (Å²) >= 11 is 0. The van der Waals surface area contributed by atoms with Crippen molar-refractivity contribution in [1.29, 1.82) is 0 Å². The lowest BCUT2D eigenvalue weighted by atomic mass is 10.0. The van der Waals surface area contributed by atoms with Crippen molar-refractivity contribution in [1.82, 2.24) is 0 Å². The second-order valence-corrected chi connectivity index (χ2v) is 25.2. The van der Waals surface area contributed by atoms with E-state index in [0.717, 1.165) is 64.2 Å². The average molecular weight is 1140 g/mol. The topological polar surface area (TPSA) is 78.9 Å². The van der Waals surface area contributed by atoms with Crippen LogP contribution < -0.4 is 0 Å². The van der Waals surface area contributed by atoms with Crippen LogP contribution in [0.15, 0.2) is 24.3 Å². The minimum atomic E-state index is -0.770. The lowest BCUT2D eigenvalue weighted by Crippen LogP contribution is -2.30. The summed E-state index contributed by atoms with van der Waals surface area (Å²) in [6.07, 6.45) is 86.7. The third-order valence-electron chi connectivity index (χ3n) is 16.9. The van der Waals surface area contributed by atoms with E-state index in [1.54, 1.807) is 0 Å². The predicted octanol–water partition coefficient (Wildman–Crippen LogP) is 25.3. The molecule has 0 heterocycles. The maximum Gasteiger partial charge on any atom is 0.306 e. The van der Waals surface area contributed by atoms with Gasteiger partial charge in [0.2, 0.25) is 0 Å². The SMILES string of the molecule is CCCCC/C=C\CCCCCCCC(=O)OCC(COC(=O)CCCCCCCCCCCCCCCCCCCCCCCCC/C=C\CCCCCCCCCC)OC(=O)CCCCCCCCCCCCCCCCCC. The molecule has 0 aromatic heterocycles. The Balaban J connectivity index is 4.02. The molecule has 0 saturated heterocycles. The van der Waals surface area contributed by atoms with Crippen LogP contribution in [0.3, 0.4) is 0 Å². The molecule has 0 radical (unpaired) electrons. The molecule has 0 aliphatic heterocycles. The summed E-state index contributed by atoms with van der Waals surface area (Å²) < 4.78 is 17.0. The second kappa shape index (κ2) is 70.4. The van der Waals surface area contributed by atoms with Crippen LogP contribution in [0.25, 0.3) is 0 Å². The molecule has 0 saturated carbocycles. The number of carbonyl (C=O) groups is 3. The van der Waals surface area contributed by atoms with Crippen LogP contribution >= 0.6 is 0 Å². The van der Waals surface area contributed by atoms with Gasteiger partial charge in [-0.2, -0.15) is 0 Å². The van der Waals surface area contributed by atoms with E-state index in [1.165, 1.54) is 315 Å². The van der Waals surface area contributed by atoms with E-state index >= 15 is 0 Å². The highest BCUT2D eigenvalue weighted by Crippen LogP contribution is 2.19. The number of esters is 3. The molecular weight excluding hydrogens is 997 g/mol. The molecule has 1 unspecified atom stereocenters. The van der Waals surface area contributed by atoms with Crippen LogP contribution in [-0.2, 0) is 28.6 Å². The molecule has 0 bridgehead atoms. The van der Waals surface area contributed by atoms with Crippen molar-refractivity contribution in [2.45, 2.75) is 425 Å². The first-order chi connectivity index (χ1) is 40.0. The zero-order chi connectivity index (χ0) is 58.5. The van der Waals surface area contributed by atoms with Crippen molar-refractivity contribution in [3.05, 3.63) is 24.3 Å². The lowest BCUT2D eigenvalue weighted by molar-refractivity contribution is -0.167. The smallest absolute Gasteiger partial charge is 0.306 e. The molecule has 0 amide bonds. The van der Waals surface area contributed by atoms with Crippen LogP contribution in [0.4, 0.5) is 0 Å². The maximum atomic E-state index is 12.9. The van der Waals surface area contributed by atoms with Gasteiger partial charge in [-0.1, -0.05) is 353 Å². The summed E-state index contributed by atoms with van der Waals surface area (Å²) in [6, 6.07) is 0. The van der Waals surface area contributed by atoms with Crippen molar-refractivity contribution in [2.75, 3.05) is 13.2 Å². The molecule has 0 N–H and O–H groups in total. The molecule has 0 rings (SSSR count).